The van der Waals surface area contributed by atoms with Crippen LogP contribution in [-0.4, -0.2) is 23.6 Å². The lowest BCUT2D eigenvalue weighted by Crippen LogP contribution is -2.02. The summed E-state index contributed by atoms with van der Waals surface area (Å²) in [7, 11) is 1.64. The molecule has 1 saturated heterocycles. The highest BCUT2D eigenvalue weighted by atomic mass is 16.6. The van der Waals surface area contributed by atoms with Crippen LogP contribution in [0.5, 0.6) is 5.75 Å². The predicted octanol–water partition coefficient (Wildman–Crippen LogP) is 5.65. The summed E-state index contributed by atoms with van der Waals surface area (Å²) in [6.07, 6.45) is 0. The number of methoxy groups -OCH3 is 1. The Kier molecular flexibility index (Phi) is 5.57. The van der Waals surface area contributed by atoms with Crippen molar-refractivity contribution < 1.29 is 19.1 Å². The number of hydrogen-bond donors (Lipinski definition) is 0. The lowest BCUT2D eigenvalue weighted by molar-refractivity contribution is -0.149. The maximum atomic E-state index is 12.6. The lowest BCUT2D eigenvalue weighted by Gasteiger charge is -2.13. The molecule has 1 fully saturated rings. The number of rotatable bonds is 4. The van der Waals surface area contributed by atoms with Crippen molar-refractivity contribution in [2.75, 3.05) is 7.11 Å². The SMILES string of the molecule is COc1ccc(-n2c(-c3ccccc3)cc(C(C)=C3C(=O)OC(=O)C3=C(C)C)c2C)cc1. The van der Waals surface area contributed by atoms with Crippen molar-refractivity contribution in [1.29, 1.82) is 0 Å². The Hall–Kier alpha value is -3.86. The van der Waals surface area contributed by atoms with Gasteiger partial charge >= 0.3 is 11.9 Å². The van der Waals surface area contributed by atoms with Gasteiger partial charge in [-0.3, -0.25) is 0 Å². The first-order valence-electron chi connectivity index (χ1n) is 10.4. The molecule has 5 nitrogen and oxygen atoms in total. The van der Waals surface area contributed by atoms with Gasteiger partial charge in [0.1, 0.15) is 5.75 Å². The van der Waals surface area contributed by atoms with E-state index in [9.17, 15) is 9.59 Å². The van der Waals surface area contributed by atoms with E-state index >= 15 is 0 Å². The topological polar surface area (TPSA) is 57.5 Å². The first kappa shape index (κ1) is 21.4. The number of ether oxygens (including phenoxy) is 2. The van der Waals surface area contributed by atoms with Crippen molar-refractivity contribution in [3.05, 3.63) is 88.6 Å². The van der Waals surface area contributed by atoms with Crippen LogP contribution in [0, 0.1) is 6.92 Å². The second kappa shape index (κ2) is 8.35. The molecule has 0 spiro atoms. The largest absolute Gasteiger partial charge is 0.497 e. The quantitative estimate of drug-likeness (QED) is 0.306. The molecule has 0 radical (unpaired) electrons. The standard InChI is InChI=1S/C27H25NO4/c1-16(2)24-25(27(30)32-26(24)29)17(3)22-15-23(19-9-7-6-8-10-19)28(18(22)4)20-11-13-21(31-5)14-12-20/h6-15H,1-5H3. The number of cyclic esters (lactones) is 2. The summed E-state index contributed by atoms with van der Waals surface area (Å²) < 4.78 is 12.4. The second-order valence-corrected chi connectivity index (χ2v) is 7.98. The highest BCUT2D eigenvalue weighted by Gasteiger charge is 2.36. The predicted molar refractivity (Wildman–Crippen MR) is 125 cm³/mol. The molecular formula is C27H25NO4. The van der Waals surface area contributed by atoms with Crippen LogP contribution in [-0.2, 0) is 14.3 Å². The molecule has 0 N–H and O–H groups in total. The molecule has 0 unspecified atom stereocenters. The molecule has 162 valence electrons. The van der Waals surface area contributed by atoms with E-state index in [1.165, 1.54) is 0 Å². The summed E-state index contributed by atoms with van der Waals surface area (Å²) in [5, 5.41) is 0. The molecule has 4 rings (SSSR count). The Morgan fingerprint density at radius 1 is 0.875 bits per heavy atom. The molecule has 0 bridgehead atoms. The van der Waals surface area contributed by atoms with Gasteiger partial charge in [0, 0.05) is 11.4 Å². The van der Waals surface area contributed by atoms with E-state index in [4.69, 9.17) is 9.47 Å². The zero-order valence-electron chi connectivity index (χ0n) is 18.9. The average molecular weight is 428 g/mol. The van der Waals surface area contributed by atoms with Crippen LogP contribution in [0.4, 0.5) is 0 Å². The van der Waals surface area contributed by atoms with E-state index in [1.807, 2.05) is 70.2 Å². The smallest absolute Gasteiger partial charge is 0.347 e. The highest BCUT2D eigenvalue weighted by Crippen LogP contribution is 2.38. The van der Waals surface area contributed by atoms with E-state index in [2.05, 4.69) is 22.8 Å². The number of nitrogens with zero attached hydrogens (tertiary/aromatic N) is 1. The van der Waals surface area contributed by atoms with Gasteiger partial charge in [-0.2, -0.15) is 0 Å². The molecule has 2 heterocycles. The molecule has 0 aliphatic carbocycles. The van der Waals surface area contributed by atoms with Crippen LogP contribution >= 0.6 is 0 Å². The van der Waals surface area contributed by atoms with Crippen molar-refractivity contribution in [2.45, 2.75) is 27.7 Å². The third-order valence-corrected chi connectivity index (χ3v) is 5.77. The van der Waals surface area contributed by atoms with Crippen LogP contribution < -0.4 is 4.74 Å². The summed E-state index contributed by atoms with van der Waals surface area (Å²) in [5.74, 6) is -0.403. The zero-order valence-corrected chi connectivity index (χ0v) is 18.9. The third kappa shape index (κ3) is 3.56. The van der Waals surface area contributed by atoms with Gasteiger partial charge in [0.05, 0.1) is 23.9 Å². The zero-order chi connectivity index (χ0) is 23.0. The fraction of sp³-hybridized carbons (Fsp3) is 0.185. The highest BCUT2D eigenvalue weighted by molar-refractivity contribution is 6.22. The summed E-state index contributed by atoms with van der Waals surface area (Å²) >= 11 is 0. The minimum atomic E-state index is -0.596. The Balaban J connectivity index is 1.99. The second-order valence-electron chi connectivity index (χ2n) is 7.98. The van der Waals surface area contributed by atoms with Crippen molar-refractivity contribution in [3.63, 3.8) is 0 Å². The molecule has 32 heavy (non-hydrogen) atoms. The number of benzene rings is 2. The van der Waals surface area contributed by atoms with E-state index in [-0.39, 0.29) is 0 Å². The summed E-state index contributed by atoms with van der Waals surface area (Å²) in [5.41, 5.74) is 7.01. The van der Waals surface area contributed by atoms with Crippen molar-refractivity contribution >= 4 is 17.5 Å². The Labute approximate surface area is 187 Å². The molecule has 0 amide bonds. The molecule has 3 aromatic rings. The van der Waals surface area contributed by atoms with Crippen LogP contribution in [0.25, 0.3) is 22.5 Å². The number of esters is 2. The summed E-state index contributed by atoms with van der Waals surface area (Å²) in [4.78, 5) is 24.9. The Bertz CT molecular complexity index is 1270. The van der Waals surface area contributed by atoms with Gasteiger partial charge in [-0.25, -0.2) is 9.59 Å². The Morgan fingerprint density at radius 2 is 1.50 bits per heavy atom. The third-order valence-electron chi connectivity index (χ3n) is 5.77. The first-order valence-corrected chi connectivity index (χ1v) is 10.4. The maximum Gasteiger partial charge on any atom is 0.347 e. The van der Waals surface area contributed by atoms with E-state index < -0.39 is 11.9 Å². The number of allylic oxidation sites excluding steroid dienone is 2. The van der Waals surface area contributed by atoms with Gasteiger partial charge in [-0.1, -0.05) is 35.9 Å². The van der Waals surface area contributed by atoms with Crippen LogP contribution in [0.3, 0.4) is 0 Å². The summed E-state index contributed by atoms with van der Waals surface area (Å²) in [6.45, 7) is 7.51. The van der Waals surface area contributed by atoms with Crippen molar-refractivity contribution in [1.82, 2.24) is 4.57 Å². The fourth-order valence-electron chi connectivity index (χ4n) is 4.19. The monoisotopic (exact) mass is 427 g/mol. The van der Waals surface area contributed by atoms with Crippen LogP contribution in [0.15, 0.2) is 77.4 Å². The van der Waals surface area contributed by atoms with Crippen LogP contribution in [0.1, 0.15) is 32.0 Å². The minimum Gasteiger partial charge on any atom is -0.497 e. The van der Waals surface area contributed by atoms with E-state index in [0.29, 0.717) is 11.1 Å². The molecule has 2 aromatic carbocycles. The normalized spacial score (nSPS) is 15.1. The molecule has 1 aromatic heterocycles. The number of hydrogen-bond acceptors (Lipinski definition) is 4. The van der Waals surface area contributed by atoms with Crippen molar-refractivity contribution in [3.8, 4) is 22.7 Å². The lowest BCUT2D eigenvalue weighted by atomic mass is 9.94. The van der Waals surface area contributed by atoms with Gasteiger partial charge in [-0.15, -0.1) is 0 Å². The van der Waals surface area contributed by atoms with Crippen LogP contribution in [0.2, 0.25) is 0 Å². The molecule has 1 aliphatic heterocycles. The van der Waals surface area contributed by atoms with E-state index in [1.54, 1.807) is 7.11 Å². The average Bonchev–Trinajstić information content (AvgIpc) is 3.29. The molecular weight excluding hydrogens is 402 g/mol. The summed E-state index contributed by atoms with van der Waals surface area (Å²) in [6, 6.07) is 20.0. The maximum absolute atomic E-state index is 12.6. The Morgan fingerprint density at radius 3 is 2.09 bits per heavy atom. The van der Waals surface area contributed by atoms with Gasteiger partial charge in [0.25, 0.3) is 0 Å². The number of aromatic nitrogens is 1. The fourth-order valence-corrected chi connectivity index (χ4v) is 4.19. The number of carbonyl (C=O) groups is 2. The molecule has 0 saturated carbocycles. The van der Waals surface area contributed by atoms with Gasteiger partial charge in [0.15, 0.2) is 0 Å². The van der Waals surface area contributed by atoms with Gasteiger partial charge < -0.3 is 14.0 Å². The molecule has 0 atom stereocenters. The van der Waals surface area contributed by atoms with Gasteiger partial charge in [-0.05, 0) is 74.7 Å². The minimum absolute atomic E-state index is 0.338. The molecule has 1 aliphatic rings. The van der Waals surface area contributed by atoms with E-state index in [0.717, 1.165) is 45.1 Å². The first-order chi connectivity index (χ1) is 15.3. The molecule has 5 heteroatoms. The number of carbonyl (C=O) groups excluding carboxylic acids is 2. The van der Waals surface area contributed by atoms with Crippen molar-refractivity contribution in [2.24, 2.45) is 0 Å². The van der Waals surface area contributed by atoms with Gasteiger partial charge in [0.2, 0.25) is 0 Å².